The van der Waals surface area contributed by atoms with Crippen LogP contribution in [0.3, 0.4) is 0 Å². The number of rotatable bonds is 9. The molecule has 0 radical (unpaired) electrons. The highest BCUT2D eigenvalue weighted by Crippen LogP contribution is 2.34. The van der Waals surface area contributed by atoms with Crippen molar-refractivity contribution in [1.82, 2.24) is 15.0 Å². The number of piperidine rings is 1. The second-order valence-electron chi connectivity index (χ2n) is 11.2. The maximum Gasteiger partial charge on any atom is 0.159 e. The van der Waals surface area contributed by atoms with Crippen LogP contribution in [0.4, 0.5) is 27.5 Å². The first-order chi connectivity index (χ1) is 17.6. The fourth-order valence-corrected chi connectivity index (χ4v) is 4.62. The molecule has 6 nitrogen and oxygen atoms in total. The number of benzene rings is 1. The summed E-state index contributed by atoms with van der Waals surface area (Å²) in [6.45, 7) is 14.2. The lowest BCUT2D eigenvalue weighted by molar-refractivity contribution is 0.00671. The molecule has 196 valence electrons. The van der Waals surface area contributed by atoms with Crippen molar-refractivity contribution in [3.8, 4) is 0 Å². The molecular weight excluding hydrogens is 465 g/mol. The van der Waals surface area contributed by atoms with Gasteiger partial charge in [-0.15, -0.1) is 0 Å². The predicted molar refractivity (Wildman–Crippen MR) is 149 cm³/mol. The SMILES string of the molecule is C=C(COCC1(F)CCN(c2cncc(N(c3ccccc3)c3ccc(C)cn3)n2)CC1)CC(C)(C)C. The van der Waals surface area contributed by atoms with Crippen LogP contribution in [-0.4, -0.2) is 46.9 Å². The summed E-state index contributed by atoms with van der Waals surface area (Å²) >= 11 is 0. The Labute approximate surface area is 220 Å². The molecule has 0 aliphatic carbocycles. The van der Waals surface area contributed by atoms with Crippen molar-refractivity contribution in [2.75, 3.05) is 36.1 Å². The molecule has 7 heteroatoms. The van der Waals surface area contributed by atoms with Crippen molar-refractivity contribution in [3.05, 3.63) is 78.8 Å². The molecule has 1 aliphatic heterocycles. The Morgan fingerprint density at radius 2 is 1.78 bits per heavy atom. The summed E-state index contributed by atoms with van der Waals surface area (Å²) < 4.78 is 21.2. The van der Waals surface area contributed by atoms with Gasteiger partial charge in [-0.1, -0.05) is 57.2 Å². The molecule has 37 heavy (non-hydrogen) atoms. The summed E-state index contributed by atoms with van der Waals surface area (Å²) in [6, 6.07) is 14.0. The zero-order chi connectivity index (χ0) is 26.5. The standard InChI is InChI=1S/C30H38FN5O/c1-23-11-12-26(33-18-23)36(25-9-7-6-8-10-25)28-20-32-19-27(34-28)35-15-13-30(31,14-16-35)22-37-21-24(2)17-29(3,4)5/h6-12,18-20H,2,13-17,21-22H2,1,3-5H3. The van der Waals surface area contributed by atoms with E-state index in [0.29, 0.717) is 38.4 Å². The van der Waals surface area contributed by atoms with E-state index in [4.69, 9.17) is 9.72 Å². The highest BCUT2D eigenvalue weighted by Gasteiger charge is 2.35. The average molecular weight is 504 g/mol. The van der Waals surface area contributed by atoms with Crippen molar-refractivity contribution in [2.24, 2.45) is 5.41 Å². The van der Waals surface area contributed by atoms with Gasteiger partial charge < -0.3 is 9.64 Å². The fourth-order valence-electron chi connectivity index (χ4n) is 4.62. The number of ether oxygens (including phenoxy) is 1. The number of para-hydroxylation sites is 1. The molecule has 2 aromatic heterocycles. The molecule has 0 spiro atoms. The average Bonchev–Trinajstić information content (AvgIpc) is 2.86. The van der Waals surface area contributed by atoms with Gasteiger partial charge >= 0.3 is 0 Å². The highest BCUT2D eigenvalue weighted by atomic mass is 19.1. The third-order valence-electron chi connectivity index (χ3n) is 6.41. The number of alkyl halides is 1. The van der Waals surface area contributed by atoms with Gasteiger partial charge in [0.1, 0.15) is 17.3 Å². The van der Waals surface area contributed by atoms with Crippen LogP contribution >= 0.6 is 0 Å². The minimum Gasteiger partial charge on any atom is -0.374 e. The first-order valence-corrected chi connectivity index (χ1v) is 12.9. The minimum absolute atomic E-state index is 0.0938. The van der Waals surface area contributed by atoms with Crippen LogP contribution in [0.5, 0.6) is 0 Å². The largest absolute Gasteiger partial charge is 0.374 e. The fraction of sp³-hybridized carbons (Fsp3) is 0.433. The van der Waals surface area contributed by atoms with Gasteiger partial charge in [0.25, 0.3) is 0 Å². The van der Waals surface area contributed by atoms with Crippen molar-refractivity contribution >= 4 is 23.1 Å². The number of hydrogen-bond acceptors (Lipinski definition) is 6. The number of halogens is 1. The molecule has 0 unspecified atom stereocenters. The van der Waals surface area contributed by atoms with Crippen LogP contribution in [0, 0.1) is 12.3 Å². The smallest absolute Gasteiger partial charge is 0.159 e. The highest BCUT2D eigenvalue weighted by molar-refractivity contribution is 5.72. The van der Waals surface area contributed by atoms with Gasteiger partial charge in [-0.3, -0.25) is 9.88 Å². The molecule has 0 bridgehead atoms. The molecule has 0 atom stereocenters. The Hall–Kier alpha value is -3.32. The monoisotopic (exact) mass is 503 g/mol. The summed E-state index contributed by atoms with van der Waals surface area (Å²) in [5, 5.41) is 0. The van der Waals surface area contributed by atoms with Crippen molar-refractivity contribution in [2.45, 2.75) is 52.6 Å². The summed E-state index contributed by atoms with van der Waals surface area (Å²) in [6.07, 6.45) is 6.95. The molecule has 3 aromatic rings. The molecule has 0 N–H and O–H groups in total. The number of aromatic nitrogens is 3. The van der Waals surface area contributed by atoms with Crippen LogP contribution < -0.4 is 9.80 Å². The number of aryl methyl sites for hydroxylation is 1. The molecule has 4 rings (SSSR count). The lowest BCUT2D eigenvalue weighted by atomic mass is 9.89. The molecule has 0 amide bonds. The molecule has 1 saturated heterocycles. The van der Waals surface area contributed by atoms with Crippen LogP contribution in [0.15, 0.2) is 73.2 Å². The Bertz CT molecular complexity index is 1170. The van der Waals surface area contributed by atoms with E-state index in [1.807, 2.05) is 60.5 Å². The van der Waals surface area contributed by atoms with E-state index >= 15 is 4.39 Å². The molecule has 0 saturated carbocycles. The van der Waals surface area contributed by atoms with Crippen LogP contribution in [0.1, 0.15) is 45.6 Å². The van der Waals surface area contributed by atoms with E-state index in [-0.39, 0.29) is 12.0 Å². The normalized spacial score (nSPS) is 15.4. The summed E-state index contributed by atoms with van der Waals surface area (Å²) in [4.78, 5) is 18.1. The zero-order valence-corrected chi connectivity index (χ0v) is 22.5. The summed E-state index contributed by atoms with van der Waals surface area (Å²) in [5.74, 6) is 2.15. The Morgan fingerprint density at radius 3 is 2.43 bits per heavy atom. The van der Waals surface area contributed by atoms with Gasteiger partial charge in [-0.25, -0.2) is 14.4 Å². The molecule has 1 fully saturated rings. The molecular formula is C30H38FN5O. The van der Waals surface area contributed by atoms with E-state index < -0.39 is 5.67 Å². The third kappa shape index (κ3) is 7.35. The van der Waals surface area contributed by atoms with E-state index in [9.17, 15) is 0 Å². The Balaban J connectivity index is 1.43. The molecule has 1 aromatic carbocycles. The lowest BCUT2D eigenvalue weighted by Gasteiger charge is -2.37. The van der Waals surface area contributed by atoms with E-state index in [1.54, 1.807) is 12.4 Å². The maximum atomic E-state index is 15.5. The minimum atomic E-state index is -1.34. The molecule has 1 aliphatic rings. The summed E-state index contributed by atoms with van der Waals surface area (Å²) in [7, 11) is 0. The van der Waals surface area contributed by atoms with Crippen molar-refractivity contribution in [3.63, 3.8) is 0 Å². The zero-order valence-electron chi connectivity index (χ0n) is 22.5. The van der Waals surface area contributed by atoms with E-state index in [2.05, 4.69) is 42.2 Å². The van der Waals surface area contributed by atoms with Crippen LogP contribution in [-0.2, 0) is 4.74 Å². The van der Waals surface area contributed by atoms with Crippen LogP contribution in [0.2, 0.25) is 0 Å². The van der Waals surface area contributed by atoms with E-state index in [0.717, 1.165) is 34.9 Å². The predicted octanol–water partition coefficient (Wildman–Crippen LogP) is 6.97. The van der Waals surface area contributed by atoms with Gasteiger partial charge in [0.2, 0.25) is 0 Å². The second kappa shape index (κ2) is 11.4. The van der Waals surface area contributed by atoms with Gasteiger partial charge in [-0.2, -0.15) is 0 Å². The Morgan fingerprint density at radius 1 is 1.05 bits per heavy atom. The number of pyridine rings is 1. The number of hydrogen-bond donors (Lipinski definition) is 0. The van der Waals surface area contributed by atoms with Crippen molar-refractivity contribution < 1.29 is 9.13 Å². The first kappa shape index (κ1) is 26.7. The van der Waals surface area contributed by atoms with Crippen LogP contribution in [0.25, 0.3) is 0 Å². The quantitative estimate of drug-likeness (QED) is 0.294. The van der Waals surface area contributed by atoms with Gasteiger partial charge in [0, 0.05) is 37.8 Å². The maximum absolute atomic E-state index is 15.5. The van der Waals surface area contributed by atoms with Gasteiger partial charge in [0.05, 0.1) is 25.6 Å². The topological polar surface area (TPSA) is 54.4 Å². The van der Waals surface area contributed by atoms with E-state index in [1.165, 1.54) is 0 Å². The van der Waals surface area contributed by atoms with Gasteiger partial charge in [0.15, 0.2) is 5.82 Å². The third-order valence-corrected chi connectivity index (χ3v) is 6.41. The van der Waals surface area contributed by atoms with Gasteiger partial charge in [-0.05, 0) is 42.5 Å². The molecule has 3 heterocycles. The number of nitrogens with zero attached hydrogens (tertiary/aromatic N) is 5. The second-order valence-corrected chi connectivity index (χ2v) is 11.2. The first-order valence-electron chi connectivity index (χ1n) is 12.9. The van der Waals surface area contributed by atoms with Crippen molar-refractivity contribution in [1.29, 1.82) is 0 Å². The number of anilines is 4. The Kier molecular flexibility index (Phi) is 8.22. The lowest BCUT2D eigenvalue weighted by Crippen LogP contribution is -2.45. The summed E-state index contributed by atoms with van der Waals surface area (Å²) in [5.41, 5.74) is 1.84.